The number of hydrogen-bond donors (Lipinski definition) is 1. The Morgan fingerprint density at radius 3 is 2.57 bits per heavy atom. The summed E-state index contributed by atoms with van der Waals surface area (Å²) in [4.78, 5) is 1.97. The van der Waals surface area contributed by atoms with Gasteiger partial charge in [-0.1, -0.05) is 5.16 Å². The van der Waals surface area contributed by atoms with E-state index in [-0.39, 0.29) is 11.4 Å². The zero-order valence-electron chi connectivity index (χ0n) is 11.4. The van der Waals surface area contributed by atoms with Gasteiger partial charge in [0.15, 0.2) is 0 Å². The van der Waals surface area contributed by atoms with Gasteiger partial charge in [0.05, 0.1) is 10.4 Å². The maximum Gasteiger partial charge on any atom is 0.230 e. The molecule has 0 fully saturated rings. The van der Waals surface area contributed by atoms with E-state index in [0.717, 1.165) is 21.4 Å². The molecule has 3 rings (SSSR count). The number of aromatic nitrogens is 1. The molecule has 0 radical (unpaired) electrons. The molecule has 0 atom stereocenters. The second-order valence-corrected chi connectivity index (χ2v) is 6.00. The number of anilines is 1. The third-order valence-electron chi connectivity index (χ3n) is 3.32. The molecule has 108 valence electrons. The van der Waals surface area contributed by atoms with Crippen molar-refractivity contribution < 1.29 is 13.3 Å². The minimum atomic E-state index is -0.698. The molecule has 0 aliphatic heterocycles. The van der Waals surface area contributed by atoms with Crippen molar-refractivity contribution in [2.24, 2.45) is 0 Å². The molecule has 0 amide bonds. The summed E-state index contributed by atoms with van der Waals surface area (Å²) in [6.45, 7) is 3.97. The third kappa shape index (κ3) is 2.31. The number of hydrogen-bond acceptors (Lipinski definition) is 4. The van der Waals surface area contributed by atoms with Crippen LogP contribution in [0.3, 0.4) is 0 Å². The van der Waals surface area contributed by atoms with E-state index in [9.17, 15) is 8.78 Å². The fraction of sp³-hybridized carbons (Fsp3) is 0.133. The van der Waals surface area contributed by atoms with Crippen LogP contribution < -0.4 is 5.73 Å². The molecule has 2 N–H and O–H groups in total. The highest BCUT2D eigenvalue weighted by atomic mass is 32.1. The van der Waals surface area contributed by atoms with Gasteiger partial charge in [-0.05, 0) is 37.6 Å². The van der Waals surface area contributed by atoms with Gasteiger partial charge in [0.2, 0.25) is 5.88 Å². The fourth-order valence-corrected chi connectivity index (χ4v) is 3.13. The third-order valence-corrected chi connectivity index (χ3v) is 4.48. The Hall–Kier alpha value is -2.21. The van der Waals surface area contributed by atoms with Gasteiger partial charge in [-0.3, -0.25) is 0 Å². The lowest BCUT2D eigenvalue weighted by molar-refractivity contribution is 0.439. The van der Waals surface area contributed by atoms with Crippen LogP contribution in [-0.2, 0) is 0 Å². The van der Waals surface area contributed by atoms with Gasteiger partial charge in [-0.15, -0.1) is 11.3 Å². The van der Waals surface area contributed by atoms with Gasteiger partial charge in [-0.25, -0.2) is 8.78 Å². The smallest absolute Gasteiger partial charge is 0.230 e. The summed E-state index contributed by atoms with van der Waals surface area (Å²) in [6, 6.07) is 5.28. The zero-order chi connectivity index (χ0) is 15.1. The monoisotopic (exact) mass is 306 g/mol. The Morgan fingerprint density at radius 1 is 1.19 bits per heavy atom. The number of nitrogens with two attached hydrogens (primary N) is 1. The number of nitrogens with zero attached hydrogens (tertiary/aromatic N) is 1. The first-order chi connectivity index (χ1) is 9.97. The van der Waals surface area contributed by atoms with Crippen molar-refractivity contribution in [1.29, 1.82) is 0 Å². The van der Waals surface area contributed by atoms with Crippen molar-refractivity contribution in [2.75, 3.05) is 5.73 Å². The van der Waals surface area contributed by atoms with Gasteiger partial charge in [0, 0.05) is 16.5 Å². The Bertz CT molecular complexity index is 804. The predicted octanol–water partition coefficient (Wildman–Crippen LogP) is 4.55. The molecular formula is C15H12F2N2OS. The lowest BCUT2D eigenvalue weighted by Crippen LogP contribution is -1.91. The van der Waals surface area contributed by atoms with Crippen molar-refractivity contribution >= 4 is 17.2 Å². The van der Waals surface area contributed by atoms with E-state index in [2.05, 4.69) is 5.16 Å². The molecule has 2 aromatic heterocycles. The van der Waals surface area contributed by atoms with Crippen LogP contribution in [0.4, 0.5) is 14.7 Å². The summed E-state index contributed by atoms with van der Waals surface area (Å²) in [7, 11) is 0. The second kappa shape index (κ2) is 4.96. The lowest BCUT2D eigenvalue weighted by atomic mass is 10.0. The molecule has 6 heteroatoms. The van der Waals surface area contributed by atoms with Gasteiger partial charge in [-0.2, -0.15) is 0 Å². The van der Waals surface area contributed by atoms with E-state index in [1.54, 1.807) is 0 Å². The van der Waals surface area contributed by atoms with Crippen molar-refractivity contribution in [3.05, 3.63) is 46.3 Å². The predicted molar refractivity (Wildman–Crippen MR) is 79.1 cm³/mol. The van der Waals surface area contributed by atoms with E-state index in [0.29, 0.717) is 11.3 Å². The lowest BCUT2D eigenvalue weighted by Gasteiger charge is -2.03. The van der Waals surface area contributed by atoms with Crippen LogP contribution in [-0.4, -0.2) is 5.16 Å². The van der Waals surface area contributed by atoms with Gasteiger partial charge in [0.25, 0.3) is 0 Å². The summed E-state index contributed by atoms with van der Waals surface area (Å²) in [5, 5.41) is 3.93. The van der Waals surface area contributed by atoms with Crippen molar-refractivity contribution in [3.8, 4) is 21.7 Å². The standard InChI is InChI=1S/C15H12F2N2OS/c1-7-5-12(21-8(7)2)14-13(15(18)20-19-14)10-4-3-9(16)6-11(10)17/h3-6H,18H2,1-2H3. The number of halogens is 2. The van der Waals surface area contributed by atoms with Crippen LogP contribution in [0, 0.1) is 25.5 Å². The largest absolute Gasteiger partial charge is 0.367 e. The van der Waals surface area contributed by atoms with Crippen LogP contribution in [0.15, 0.2) is 28.8 Å². The fourth-order valence-electron chi connectivity index (χ4n) is 2.11. The Kier molecular flexibility index (Phi) is 3.25. The van der Waals surface area contributed by atoms with Crippen molar-refractivity contribution in [1.82, 2.24) is 5.16 Å². The van der Waals surface area contributed by atoms with Gasteiger partial charge >= 0.3 is 0 Å². The molecular weight excluding hydrogens is 294 g/mol. The number of aryl methyl sites for hydroxylation is 2. The first kappa shape index (κ1) is 13.8. The van der Waals surface area contributed by atoms with Gasteiger partial charge < -0.3 is 10.3 Å². The highest BCUT2D eigenvalue weighted by Gasteiger charge is 2.22. The molecule has 1 aromatic carbocycles. The van der Waals surface area contributed by atoms with Crippen LogP contribution in [0.1, 0.15) is 10.4 Å². The summed E-state index contributed by atoms with van der Waals surface area (Å²) in [5.74, 6) is -1.33. The zero-order valence-corrected chi connectivity index (χ0v) is 12.2. The molecule has 2 heterocycles. The summed E-state index contributed by atoms with van der Waals surface area (Å²) in [5.41, 5.74) is 7.89. The normalized spacial score (nSPS) is 11.0. The number of nitrogen functional groups attached to an aromatic ring is 1. The number of rotatable bonds is 2. The molecule has 3 nitrogen and oxygen atoms in total. The molecule has 0 saturated carbocycles. The van der Waals surface area contributed by atoms with E-state index in [4.69, 9.17) is 10.3 Å². The molecule has 0 bridgehead atoms. The van der Waals surface area contributed by atoms with Crippen LogP contribution in [0.2, 0.25) is 0 Å². The van der Waals surface area contributed by atoms with E-state index in [1.807, 2.05) is 19.9 Å². The van der Waals surface area contributed by atoms with Crippen LogP contribution >= 0.6 is 11.3 Å². The average molecular weight is 306 g/mol. The van der Waals surface area contributed by atoms with E-state index < -0.39 is 11.6 Å². The summed E-state index contributed by atoms with van der Waals surface area (Å²) < 4.78 is 32.1. The van der Waals surface area contributed by atoms with Gasteiger partial charge in [0.1, 0.15) is 17.3 Å². The molecule has 0 unspecified atom stereocenters. The highest BCUT2D eigenvalue weighted by molar-refractivity contribution is 7.15. The summed E-state index contributed by atoms with van der Waals surface area (Å²) in [6.07, 6.45) is 0. The number of benzene rings is 1. The first-order valence-electron chi connectivity index (χ1n) is 6.25. The molecule has 0 saturated heterocycles. The minimum absolute atomic E-state index is 0.0132. The highest BCUT2D eigenvalue weighted by Crippen LogP contribution is 2.40. The van der Waals surface area contributed by atoms with E-state index in [1.165, 1.54) is 23.5 Å². The molecule has 0 aliphatic carbocycles. The average Bonchev–Trinajstić information content (AvgIpc) is 2.94. The molecule has 0 aliphatic rings. The van der Waals surface area contributed by atoms with Crippen LogP contribution in [0.25, 0.3) is 21.7 Å². The maximum atomic E-state index is 14.0. The maximum absolute atomic E-state index is 14.0. The quantitative estimate of drug-likeness (QED) is 0.756. The SMILES string of the molecule is Cc1cc(-c2noc(N)c2-c2ccc(F)cc2F)sc1C. The minimum Gasteiger partial charge on any atom is -0.367 e. The second-order valence-electron chi connectivity index (χ2n) is 4.74. The molecule has 0 spiro atoms. The van der Waals surface area contributed by atoms with Crippen molar-refractivity contribution in [3.63, 3.8) is 0 Å². The topological polar surface area (TPSA) is 52.0 Å². The van der Waals surface area contributed by atoms with Crippen LogP contribution in [0.5, 0.6) is 0 Å². The summed E-state index contributed by atoms with van der Waals surface area (Å²) >= 11 is 1.52. The van der Waals surface area contributed by atoms with E-state index >= 15 is 0 Å². The number of thiophene rings is 1. The Balaban J connectivity index is 2.21. The Morgan fingerprint density at radius 2 is 1.95 bits per heavy atom. The molecule has 3 aromatic rings. The van der Waals surface area contributed by atoms with Crippen molar-refractivity contribution in [2.45, 2.75) is 13.8 Å². The first-order valence-corrected chi connectivity index (χ1v) is 7.07. The molecule has 21 heavy (non-hydrogen) atoms. The Labute approximate surface area is 124 Å².